The van der Waals surface area contributed by atoms with Crippen molar-refractivity contribution in [2.75, 3.05) is 19.7 Å². The molecule has 1 aliphatic heterocycles. The van der Waals surface area contributed by atoms with Crippen LogP contribution in [0, 0.1) is 5.41 Å². The molecular weight excluding hydrogens is 230 g/mol. The summed E-state index contributed by atoms with van der Waals surface area (Å²) in [6.07, 6.45) is 5.12. The molecule has 18 heavy (non-hydrogen) atoms. The molecule has 0 amide bonds. The van der Waals surface area contributed by atoms with Gasteiger partial charge in [-0.05, 0) is 38.0 Å². The second-order valence-electron chi connectivity index (χ2n) is 6.93. The Morgan fingerprint density at radius 2 is 1.83 bits per heavy atom. The highest BCUT2D eigenvalue weighted by Gasteiger charge is 2.44. The highest BCUT2D eigenvalue weighted by molar-refractivity contribution is 5.68. The molecule has 0 bridgehead atoms. The van der Waals surface area contributed by atoms with Gasteiger partial charge in [0.15, 0.2) is 0 Å². The molecule has 0 unspecified atom stereocenters. The van der Waals surface area contributed by atoms with Gasteiger partial charge in [-0.3, -0.25) is 4.90 Å². The van der Waals surface area contributed by atoms with Gasteiger partial charge in [-0.25, -0.2) is 4.79 Å². The summed E-state index contributed by atoms with van der Waals surface area (Å²) < 4.78 is 5.45. The lowest BCUT2D eigenvalue weighted by molar-refractivity contribution is -0.171. The van der Waals surface area contributed by atoms with Crippen molar-refractivity contribution in [3.05, 3.63) is 0 Å². The van der Waals surface area contributed by atoms with E-state index in [0.717, 1.165) is 13.1 Å². The summed E-state index contributed by atoms with van der Waals surface area (Å²) in [4.78, 5) is 13.0. The summed E-state index contributed by atoms with van der Waals surface area (Å²) in [5.74, 6) is -0.880. The standard InChI is InChI=1S/C14H25NO3/c1-13(2)6-4-11(5-7-13)15-9-14(3,10-15)18-8-12(16)17/h11H,4-10H2,1-3H3,(H,16,17). The number of carboxylic acid groups (broad SMARTS) is 1. The zero-order valence-electron chi connectivity index (χ0n) is 11.7. The van der Waals surface area contributed by atoms with E-state index in [1.165, 1.54) is 25.7 Å². The summed E-state index contributed by atoms with van der Waals surface area (Å²) >= 11 is 0. The Hall–Kier alpha value is -0.610. The highest BCUT2D eigenvalue weighted by Crippen LogP contribution is 2.39. The van der Waals surface area contributed by atoms with E-state index in [1.54, 1.807) is 0 Å². The summed E-state index contributed by atoms with van der Waals surface area (Å²) in [5.41, 5.74) is 0.260. The van der Waals surface area contributed by atoms with Crippen LogP contribution in [0.4, 0.5) is 0 Å². The lowest BCUT2D eigenvalue weighted by Gasteiger charge is -2.53. The van der Waals surface area contributed by atoms with Gasteiger partial charge < -0.3 is 9.84 Å². The highest BCUT2D eigenvalue weighted by atomic mass is 16.5. The van der Waals surface area contributed by atoms with Crippen molar-refractivity contribution in [2.45, 2.75) is 58.1 Å². The quantitative estimate of drug-likeness (QED) is 0.836. The molecule has 0 aromatic carbocycles. The van der Waals surface area contributed by atoms with Crippen LogP contribution in [0.1, 0.15) is 46.5 Å². The van der Waals surface area contributed by atoms with Crippen LogP contribution in [0.2, 0.25) is 0 Å². The molecular formula is C14H25NO3. The largest absolute Gasteiger partial charge is 0.480 e. The van der Waals surface area contributed by atoms with Gasteiger partial charge in [0.25, 0.3) is 0 Å². The van der Waals surface area contributed by atoms with E-state index in [1.807, 2.05) is 6.92 Å². The third-order valence-corrected chi connectivity index (χ3v) is 4.44. The van der Waals surface area contributed by atoms with Crippen LogP contribution in [-0.2, 0) is 9.53 Å². The van der Waals surface area contributed by atoms with Crippen molar-refractivity contribution < 1.29 is 14.6 Å². The van der Waals surface area contributed by atoms with E-state index < -0.39 is 5.97 Å². The predicted molar refractivity (Wildman–Crippen MR) is 69.6 cm³/mol. The van der Waals surface area contributed by atoms with Gasteiger partial charge in [0.2, 0.25) is 0 Å². The molecule has 2 rings (SSSR count). The van der Waals surface area contributed by atoms with Crippen LogP contribution in [0.15, 0.2) is 0 Å². The van der Waals surface area contributed by atoms with Gasteiger partial charge in [-0.1, -0.05) is 13.8 Å². The van der Waals surface area contributed by atoms with Gasteiger partial charge in [0.1, 0.15) is 6.61 Å². The first kappa shape index (κ1) is 13.8. The van der Waals surface area contributed by atoms with Crippen LogP contribution < -0.4 is 0 Å². The Labute approximate surface area is 109 Å². The van der Waals surface area contributed by atoms with Gasteiger partial charge in [-0.15, -0.1) is 0 Å². The van der Waals surface area contributed by atoms with Crippen molar-refractivity contribution in [2.24, 2.45) is 5.41 Å². The van der Waals surface area contributed by atoms with Crippen LogP contribution in [0.3, 0.4) is 0 Å². The minimum atomic E-state index is -0.880. The molecule has 104 valence electrons. The lowest BCUT2D eigenvalue weighted by atomic mass is 9.74. The second kappa shape index (κ2) is 4.82. The van der Waals surface area contributed by atoms with Gasteiger partial charge in [0.05, 0.1) is 5.60 Å². The van der Waals surface area contributed by atoms with E-state index in [9.17, 15) is 4.79 Å². The Bertz CT molecular complexity index is 311. The fourth-order valence-corrected chi connectivity index (χ4v) is 3.15. The minimum absolute atomic E-state index is 0.179. The van der Waals surface area contributed by atoms with Gasteiger partial charge in [-0.2, -0.15) is 0 Å². The first-order valence-corrected chi connectivity index (χ1v) is 6.90. The van der Waals surface area contributed by atoms with Crippen molar-refractivity contribution in [1.82, 2.24) is 4.90 Å². The average Bonchev–Trinajstić information content (AvgIpc) is 2.23. The third-order valence-electron chi connectivity index (χ3n) is 4.44. The normalized spacial score (nSPS) is 27.7. The van der Waals surface area contributed by atoms with Crippen molar-refractivity contribution in [3.63, 3.8) is 0 Å². The van der Waals surface area contributed by atoms with Crippen LogP contribution in [-0.4, -0.2) is 47.3 Å². The first-order chi connectivity index (χ1) is 8.30. The fraction of sp³-hybridized carbons (Fsp3) is 0.929. The van der Waals surface area contributed by atoms with Crippen LogP contribution in [0.5, 0.6) is 0 Å². The molecule has 4 heteroatoms. The van der Waals surface area contributed by atoms with Crippen molar-refractivity contribution in [1.29, 1.82) is 0 Å². The maximum atomic E-state index is 10.5. The van der Waals surface area contributed by atoms with Gasteiger partial charge >= 0.3 is 5.97 Å². The summed E-state index contributed by atoms with van der Waals surface area (Å²) in [6.45, 7) is 8.29. The molecule has 2 aliphatic rings. The van der Waals surface area contributed by atoms with Gasteiger partial charge in [0, 0.05) is 19.1 Å². The number of rotatable bonds is 4. The third kappa shape index (κ3) is 3.23. The summed E-state index contributed by atoms with van der Waals surface area (Å²) in [7, 11) is 0. The van der Waals surface area contributed by atoms with Crippen molar-refractivity contribution in [3.8, 4) is 0 Å². The zero-order valence-corrected chi connectivity index (χ0v) is 11.7. The van der Waals surface area contributed by atoms with E-state index in [-0.39, 0.29) is 12.2 Å². The molecule has 1 saturated carbocycles. The summed E-state index contributed by atoms with van der Waals surface area (Å²) in [6, 6.07) is 0.680. The molecule has 0 spiro atoms. The van der Waals surface area contributed by atoms with Crippen molar-refractivity contribution >= 4 is 5.97 Å². The van der Waals surface area contributed by atoms with Crippen LogP contribution in [0.25, 0.3) is 0 Å². The predicted octanol–water partition coefficient (Wildman–Crippen LogP) is 2.13. The van der Waals surface area contributed by atoms with Crippen LogP contribution >= 0.6 is 0 Å². The number of nitrogens with zero attached hydrogens (tertiary/aromatic N) is 1. The number of hydrogen-bond donors (Lipinski definition) is 1. The Morgan fingerprint density at radius 1 is 1.28 bits per heavy atom. The number of aliphatic carboxylic acids is 1. The molecule has 4 nitrogen and oxygen atoms in total. The Balaban J connectivity index is 1.74. The molecule has 2 fully saturated rings. The Morgan fingerprint density at radius 3 is 2.33 bits per heavy atom. The smallest absolute Gasteiger partial charge is 0.329 e. The topological polar surface area (TPSA) is 49.8 Å². The number of likely N-dealkylation sites (tertiary alicyclic amines) is 1. The summed E-state index contributed by atoms with van der Waals surface area (Å²) in [5, 5.41) is 8.63. The van der Waals surface area contributed by atoms with E-state index in [0.29, 0.717) is 11.5 Å². The van der Waals surface area contributed by atoms with E-state index in [4.69, 9.17) is 9.84 Å². The molecule has 1 heterocycles. The molecule has 0 aromatic rings. The minimum Gasteiger partial charge on any atom is -0.480 e. The number of carbonyl (C=O) groups is 1. The van der Waals surface area contributed by atoms with E-state index in [2.05, 4.69) is 18.7 Å². The van der Waals surface area contributed by atoms with E-state index >= 15 is 0 Å². The Kier molecular flexibility index (Phi) is 3.70. The lowest BCUT2D eigenvalue weighted by Crippen LogP contribution is -2.65. The number of carboxylic acids is 1. The molecule has 0 aromatic heterocycles. The molecule has 1 N–H and O–H groups in total. The molecule has 1 aliphatic carbocycles. The number of hydrogen-bond acceptors (Lipinski definition) is 3. The zero-order chi connectivity index (χ0) is 13.4. The molecule has 0 radical (unpaired) electrons. The number of ether oxygens (including phenoxy) is 1. The maximum absolute atomic E-state index is 10.5. The molecule has 1 saturated heterocycles. The fourth-order valence-electron chi connectivity index (χ4n) is 3.15. The maximum Gasteiger partial charge on any atom is 0.329 e. The SMILES string of the molecule is CC1(C)CCC(N2CC(C)(OCC(=O)O)C2)CC1. The average molecular weight is 255 g/mol. The molecule has 0 atom stereocenters. The monoisotopic (exact) mass is 255 g/mol. The first-order valence-electron chi connectivity index (χ1n) is 6.90. The second-order valence-corrected chi connectivity index (χ2v) is 6.93.